The highest BCUT2D eigenvalue weighted by Gasteiger charge is 2.15. The fourth-order valence-electron chi connectivity index (χ4n) is 1.87. The van der Waals surface area contributed by atoms with Gasteiger partial charge in [-0.3, -0.25) is 4.79 Å². The first-order chi connectivity index (χ1) is 9.09. The van der Waals surface area contributed by atoms with Crippen molar-refractivity contribution in [1.82, 2.24) is 4.90 Å². The number of carbonyl (C=O) groups is 1. The zero-order valence-corrected chi connectivity index (χ0v) is 10.7. The Morgan fingerprint density at radius 3 is 2.47 bits per heavy atom. The molecule has 1 amide bonds. The van der Waals surface area contributed by atoms with Gasteiger partial charge < -0.3 is 15.7 Å². The van der Waals surface area contributed by atoms with Crippen molar-refractivity contribution in [2.45, 2.75) is 6.54 Å². The summed E-state index contributed by atoms with van der Waals surface area (Å²) in [5, 5.41) is 9.68. The molecule has 2 aromatic carbocycles. The van der Waals surface area contributed by atoms with Crippen LogP contribution in [0.1, 0.15) is 15.9 Å². The number of nitrogen functional groups attached to an aromatic ring is 1. The summed E-state index contributed by atoms with van der Waals surface area (Å²) in [7, 11) is 1.68. The lowest BCUT2D eigenvalue weighted by atomic mass is 10.1. The Bertz CT molecular complexity index is 596. The van der Waals surface area contributed by atoms with E-state index in [4.69, 9.17) is 5.73 Å². The lowest BCUT2D eigenvalue weighted by molar-refractivity contribution is 0.0782. The molecule has 0 aliphatic heterocycles. The van der Waals surface area contributed by atoms with Crippen LogP contribution in [-0.4, -0.2) is 23.0 Å². The smallest absolute Gasteiger partial charge is 0.257 e. The molecule has 2 rings (SSSR count). The van der Waals surface area contributed by atoms with Crippen molar-refractivity contribution in [2.24, 2.45) is 0 Å². The summed E-state index contributed by atoms with van der Waals surface area (Å²) in [6.45, 7) is 0.403. The molecule has 0 spiro atoms. The van der Waals surface area contributed by atoms with E-state index in [1.165, 1.54) is 11.0 Å². The third-order valence-electron chi connectivity index (χ3n) is 2.94. The van der Waals surface area contributed by atoms with Gasteiger partial charge in [0.2, 0.25) is 0 Å². The van der Waals surface area contributed by atoms with Crippen LogP contribution in [0.3, 0.4) is 0 Å². The summed E-state index contributed by atoms with van der Waals surface area (Å²) >= 11 is 0. The van der Waals surface area contributed by atoms with Crippen molar-refractivity contribution in [2.75, 3.05) is 12.8 Å². The lowest BCUT2D eigenvalue weighted by Crippen LogP contribution is -2.26. The number of rotatable bonds is 3. The van der Waals surface area contributed by atoms with Crippen molar-refractivity contribution < 1.29 is 9.90 Å². The molecular formula is C15H16N2O2. The van der Waals surface area contributed by atoms with Crippen molar-refractivity contribution >= 4 is 11.6 Å². The van der Waals surface area contributed by atoms with Gasteiger partial charge in [0.15, 0.2) is 0 Å². The average molecular weight is 256 g/mol. The molecule has 2 aromatic rings. The van der Waals surface area contributed by atoms with Crippen LogP contribution in [0.5, 0.6) is 5.75 Å². The number of para-hydroxylation sites is 2. The van der Waals surface area contributed by atoms with Crippen molar-refractivity contribution in [3.05, 3.63) is 59.7 Å². The van der Waals surface area contributed by atoms with Crippen LogP contribution in [0.2, 0.25) is 0 Å². The summed E-state index contributed by atoms with van der Waals surface area (Å²) in [5.74, 6) is -0.248. The van der Waals surface area contributed by atoms with E-state index in [9.17, 15) is 9.90 Å². The fraction of sp³-hybridized carbons (Fsp3) is 0.133. The Morgan fingerprint density at radius 1 is 1.16 bits per heavy atom. The number of benzene rings is 2. The molecule has 0 aliphatic rings. The van der Waals surface area contributed by atoms with Gasteiger partial charge in [-0.2, -0.15) is 0 Å². The summed E-state index contributed by atoms with van der Waals surface area (Å²) < 4.78 is 0. The van der Waals surface area contributed by atoms with Gasteiger partial charge in [-0.15, -0.1) is 0 Å². The van der Waals surface area contributed by atoms with Crippen LogP contribution in [0.4, 0.5) is 5.69 Å². The molecule has 0 saturated heterocycles. The van der Waals surface area contributed by atoms with Gasteiger partial charge in [0.05, 0.1) is 5.56 Å². The van der Waals surface area contributed by atoms with Crippen LogP contribution < -0.4 is 5.73 Å². The third-order valence-corrected chi connectivity index (χ3v) is 2.94. The van der Waals surface area contributed by atoms with Gasteiger partial charge in [-0.05, 0) is 23.8 Å². The number of amides is 1. The second-order valence-electron chi connectivity index (χ2n) is 4.38. The van der Waals surface area contributed by atoms with Crippen molar-refractivity contribution in [1.29, 1.82) is 0 Å². The van der Waals surface area contributed by atoms with E-state index in [0.29, 0.717) is 17.8 Å². The number of hydrogen-bond donors (Lipinski definition) is 2. The normalized spacial score (nSPS) is 10.2. The number of phenolic OH excluding ortho intramolecular Hbond substituents is 1. The minimum atomic E-state index is -0.235. The van der Waals surface area contributed by atoms with E-state index < -0.39 is 0 Å². The maximum absolute atomic E-state index is 12.2. The number of anilines is 1. The SMILES string of the molecule is CN(Cc1ccccc1N)C(=O)c1ccccc1O. The largest absolute Gasteiger partial charge is 0.507 e. The predicted octanol–water partition coefficient (Wildman–Crippen LogP) is 2.25. The zero-order valence-electron chi connectivity index (χ0n) is 10.7. The van der Waals surface area contributed by atoms with Crippen LogP contribution in [0.25, 0.3) is 0 Å². The maximum Gasteiger partial charge on any atom is 0.257 e. The van der Waals surface area contributed by atoms with Gasteiger partial charge >= 0.3 is 0 Å². The maximum atomic E-state index is 12.2. The number of nitrogens with two attached hydrogens (primary N) is 1. The molecule has 19 heavy (non-hydrogen) atoms. The highest BCUT2D eigenvalue weighted by atomic mass is 16.3. The number of nitrogens with zero attached hydrogens (tertiary/aromatic N) is 1. The van der Waals surface area contributed by atoms with Crippen LogP contribution >= 0.6 is 0 Å². The first-order valence-corrected chi connectivity index (χ1v) is 5.96. The highest BCUT2D eigenvalue weighted by molar-refractivity contribution is 5.96. The Morgan fingerprint density at radius 2 is 1.79 bits per heavy atom. The van der Waals surface area contributed by atoms with Gasteiger partial charge in [0.25, 0.3) is 5.91 Å². The first-order valence-electron chi connectivity index (χ1n) is 5.96. The van der Waals surface area contributed by atoms with E-state index in [0.717, 1.165) is 5.56 Å². The summed E-state index contributed by atoms with van der Waals surface area (Å²) in [6, 6.07) is 13.9. The molecule has 0 saturated carbocycles. The van der Waals surface area contributed by atoms with E-state index in [-0.39, 0.29) is 11.7 Å². The summed E-state index contributed by atoms with van der Waals surface area (Å²) in [4.78, 5) is 13.7. The average Bonchev–Trinajstić information content (AvgIpc) is 2.41. The molecule has 4 heteroatoms. The van der Waals surface area contributed by atoms with Gasteiger partial charge in [0, 0.05) is 19.3 Å². The Kier molecular flexibility index (Phi) is 3.71. The molecule has 0 fully saturated rings. The second kappa shape index (κ2) is 5.44. The molecule has 4 nitrogen and oxygen atoms in total. The topological polar surface area (TPSA) is 66.6 Å². The molecule has 0 aromatic heterocycles. The van der Waals surface area contributed by atoms with Gasteiger partial charge in [-0.25, -0.2) is 0 Å². The Balaban J connectivity index is 2.17. The molecule has 98 valence electrons. The van der Waals surface area contributed by atoms with Crippen LogP contribution in [0, 0.1) is 0 Å². The van der Waals surface area contributed by atoms with E-state index in [1.807, 2.05) is 18.2 Å². The molecule has 0 atom stereocenters. The third kappa shape index (κ3) is 2.85. The van der Waals surface area contributed by atoms with Crippen LogP contribution in [0.15, 0.2) is 48.5 Å². The monoisotopic (exact) mass is 256 g/mol. The summed E-state index contributed by atoms with van der Waals surface area (Å²) in [5.41, 5.74) is 7.68. The first kappa shape index (κ1) is 13.0. The fourth-order valence-corrected chi connectivity index (χ4v) is 1.87. The molecule has 3 N–H and O–H groups in total. The molecule has 0 bridgehead atoms. The number of hydrogen-bond acceptors (Lipinski definition) is 3. The molecule has 0 unspecified atom stereocenters. The molecule has 0 radical (unpaired) electrons. The van der Waals surface area contributed by atoms with Crippen molar-refractivity contribution in [3.8, 4) is 5.75 Å². The summed E-state index contributed by atoms with van der Waals surface area (Å²) in [6.07, 6.45) is 0. The minimum Gasteiger partial charge on any atom is -0.507 e. The van der Waals surface area contributed by atoms with Crippen LogP contribution in [-0.2, 0) is 6.54 Å². The Labute approximate surface area is 112 Å². The second-order valence-corrected chi connectivity index (χ2v) is 4.38. The molecule has 0 aliphatic carbocycles. The number of carbonyl (C=O) groups excluding carboxylic acids is 1. The predicted molar refractivity (Wildman–Crippen MR) is 74.8 cm³/mol. The van der Waals surface area contributed by atoms with Crippen molar-refractivity contribution in [3.63, 3.8) is 0 Å². The zero-order chi connectivity index (χ0) is 13.8. The van der Waals surface area contributed by atoms with E-state index in [2.05, 4.69) is 0 Å². The highest BCUT2D eigenvalue weighted by Crippen LogP contribution is 2.19. The van der Waals surface area contributed by atoms with E-state index in [1.54, 1.807) is 31.3 Å². The van der Waals surface area contributed by atoms with Gasteiger partial charge in [0.1, 0.15) is 5.75 Å². The minimum absolute atomic E-state index is 0.0135. The molecule has 0 heterocycles. The number of phenols is 1. The standard InChI is InChI=1S/C15H16N2O2/c1-17(10-11-6-2-4-8-13(11)16)15(19)12-7-3-5-9-14(12)18/h2-9,18H,10,16H2,1H3. The lowest BCUT2D eigenvalue weighted by Gasteiger charge is -2.18. The Hall–Kier alpha value is -2.49. The van der Waals surface area contributed by atoms with E-state index >= 15 is 0 Å². The number of aromatic hydroxyl groups is 1. The van der Waals surface area contributed by atoms with Gasteiger partial charge in [-0.1, -0.05) is 30.3 Å². The molecular weight excluding hydrogens is 240 g/mol. The quantitative estimate of drug-likeness (QED) is 0.828.